The van der Waals surface area contributed by atoms with Gasteiger partial charge in [-0.05, 0) is 36.2 Å². The van der Waals surface area contributed by atoms with Crippen LogP contribution in [0.2, 0.25) is 4.34 Å². The van der Waals surface area contributed by atoms with Gasteiger partial charge in [-0.2, -0.15) is 0 Å². The summed E-state index contributed by atoms with van der Waals surface area (Å²) in [5, 5.41) is 12.5. The average molecular weight is 286 g/mol. The van der Waals surface area contributed by atoms with E-state index in [-0.39, 0.29) is 5.75 Å². The molecule has 2 aromatic rings. The molecule has 2 rings (SSSR count). The summed E-state index contributed by atoms with van der Waals surface area (Å²) in [4.78, 5) is 1.22. The molecule has 18 heavy (non-hydrogen) atoms. The maximum absolute atomic E-state index is 13.0. The molecule has 2 N–H and O–H groups in total. The lowest BCUT2D eigenvalue weighted by Gasteiger charge is -2.05. The van der Waals surface area contributed by atoms with Crippen molar-refractivity contribution >= 4 is 22.9 Å². The van der Waals surface area contributed by atoms with Gasteiger partial charge in [0.25, 0.3) is 0 Å². The average Bonchev–Trinajstić information content (AvgIpc) is 2.69. The molecule has 1 heterocycles. The molecule has 0 aliphatic carbocycles. The zero-order valence-electron chi connectivity index (χ0n) is 9.62. The lowest BCUT2D eigenvalue weighted by molar-refractivity contribution is 0.467. The molecular formula is C13H13ClFNOS. The van der Waals surface area contributed by atoms with Crippen molar-refractivity contribution in [1.29, 1.82) is 0 Å². The second kappa shape index (κ2) is 6.18. The van der Waals surface area contributed by atoms with Gasteiger partial charge in [0.05, 0.1) is 4.34 Å². The molecule has 0 radical (unpaired) electrons. The third-order valence-electron chi connectivity index (χ3n) is 2.45. The Morgan fingerprint density at radius 2 is 2.11 bits per heavy atom. The van der Waals surface area contributed by atoms with E-state index in [0.717, 1.165) is 28.9 Å². The summed E-state index contributed by atoms with van der Waals surface area (Å²) < 4.78 is 13.8. The van der Waals surface area contributed by atoms with Crippen LogP contribution in [-0.2, 0) is 13.0 Å². The first kappa shape index (κ1) is 13.3. The number of benzene rings is 1. The van der Waals surface area contributed by atoms with Crippen LogP contribution >= 0.6 is 22.9 Å². The van der Waals surface area contributed by atoms with E-state index in [2.05, 4.69) is 5.32 Å². The van der Waals surface area contributed by atoms with E-state index in [0.29, 0.717) is 6.54 Å². The van der Waals surface area contributed by atoms with Gasteiger partial charge in [0.1, 0.15) is 11.6 Å². The second-order valence-electron chi connectivity index (χ2n) is 3.95. The highest BCUT2D eigenvalue weighted by Gasteiger charge is 2.01. The second-order valence-corrected chi connectivity index (χ2v) is 5.75. The van der Waals surface area contributed by atoms with Crippen LogP contribution in [0.1, 0.15) is 10.4 Å². The van der Waals surface area contributed by atoms with Gasteiger partial charge in [0.2, 0.25) is 0 Å². The van der Waals surface area contributed by atoms with E-state index in [1.165, 1.54) is 10.9 Å². The summed E-state index contributed by atoms with van der Waals surface area (Å²) in [7, 11) is 0. The van der Waals surface area contributed by atoms with E-state index in [9.17, 15) is 9.50 Å². The minimum Gasteiger partial charge on any atom is -0.508 e. The van der Waals surface area contributed by atoms with Crippen molar-refractivity contribution in [2.45, 2.75) is 13.0 Å². The number of phenolic OH excluding ortho intramolecular Hbond substituents is 1. The van der Waals surface area contributed by atoms with Gasteiger partial charge in [-0.15, -0.1) is 11.3 Å². The molecule has 0 saturated heterocycles. The van der Waals surface area contributed by atoms with Crippen molar-refractivity contribution in [1.82, 2.24) is 5.32 Å². The number of nitrogens with one attached hydrogen (secondary N) is 1. The minimum absolute atomic E-state index is 0.0446. The van der Waals surface area contributed by atoms with Crippen molar-refractivity contribution in [2.24, 2.45) is 0 Å². The third kappa shape index (κ3) is 3.98. The van der Waals surface area contributed by atoms with Gasteiger partial charge < -0.3 is 10.4 Å². The Hall–Kier alpha value is -1.10. The van der Waals surface area contributed by atoms with Crippen LogP contribution in [0.5, 0.6) is 5.75 Å². The van der Waals surface area contributed by atoms with E-state index in [1.54, 1.807) is 17.4 Å². The monoisotopic (exact) mass is 285 g/mol. The Labute approximate surface area is 114 Å². The summed E-state index contributed by atoms with van der Waals surface area (Å²) >= 11 is 7.40. The number of rotatable bonds is 5. The first-order valence-electron chi connectivity index (χ1n) is 5.57. The molecule has 0 aliphatic rings. The molecule has 1 aromatic heterocycles. The summed E-state index contributed by atoms with van der Waals surface area (Å²) in [6.45, 7) is 1.32. The highest BCUT2D eigenvalue weighted by Crippen LogP contribution is 2.21. The van der Waals surface area contributed by atoms with Gasteiger partial charge >= 0.3 is 0 Å². The molecular weight excluding hydrogens is 273 g/mol. The normalized spacial score (nSPS) is 10.8. The molecule has 2 nitrogen and oxygen atoms in total. The topological polar surface area (TPSA) is 32.3 Å². The molecule has 0 spiro atoms. The quantitative estimate of drug-likeness (QED) is 0.823. The predicted octanol–water partition coefficient (Wildman–Crippen LogP) is 3.58. The Balaban J connectivity index is 1.78. The van der Waals surface area contributed by atoms with E-state index in [1.807, 2.05) is 12.1 Å². The van der Waals surface area contributed by atoms with Gasteiger partial charge in [-0.1, -0.05) is 11.6 Å². The Kier molecular flexibility index (Phi) is 4.58. The SMILES string of the molecule is Oc1cc(F)cc(CNCCc2ccc(Cl)s2)c1. The molecule has 5 heteroatoms. The standard InChI is InChI=1S/C13H13ClFNOS/c14-13-2-1-12(18-13)3-4-16-8-9-5-10(15)7-11(17)6-9/h1-2,5-7,16-17H,3-4,8H2. The highest BCUT2D eigenvalue weighted by atomic mass is 35.5. The Morgan fingerprint density at radius 1 is 1.28 bits per heavy atom. The molecule has 0 bridgehead atoms. The molecule has 0 amide bonds. The highest BCUT2D eigenvalue weighted by molar-refractivity contribution is 7.16. The number of phenols is 1. The lowest BCUT2D eigenvalue weighted by Crippen LogP contribution is -2.16. The van der Waals surface area contributed by atoms with Crippen molar-refractivity contribution in [2.75, 3.05) is 6.54 Å². The van der Waals surface area contributed by atoms with Crippen molar-refractivity contribution in [3.8, 4) is 5.75 Å². The fraction of sp³-hybridized carbons (Fsp3) is 0.231. The van der Waals surface area contributed by atoms with Crippen LogP contribution in [0, 0.1) is 5.82 Å². The fourth-order valence-corrected chi connectivity index (χ4v) is 2.75. The zero-order valence-corrected chi connectivity index (χ0v) is 11.2. The number of thiophene rings is 1. The first-order chi connectivity index (χ1) is 8.63. The maximum Gasteiger partial charge on any atom is 0.127 e. The summed E-state index contributed by atoms with van der Waals surface area (Å²) in [6.07, 6.45) is 0.888. The van der Waals surface area contributed by atoms with Gasteiger partial charge in [0.15, 0.2) is 0 Å². The van der Waals surface area contributed by atoms with Gasteiger partial charge in [-0.25, -0.2) is 4.39 Å². The van der Waals surface area contributed by atoms with Crippen LogP contribution < -0.4 is 5.32 Å². The molecule has 0 unspecified atom stereocenters. The third-order valence-corrected chi connectivity index (χ3v) is 3.74. The number of halogens is 2. The molecule has 1 aromatic carbocycles. The number of hydrogen-bond donors (Lipinski definition) is 2. The van der Waals surface area contributed by atoms with Crippen molar-refractivity contribution in [3.05, 3.63) is 50.9 Å². The van der Waals surface area contributed by atoms with Crippen molar-refractivity contribution in [3.63, 3.8) is 0 Å². The summed E-state index contributed by atoms with van der Waals surface area (Å²) in [6, 6.07) is 7.94. The van der Waals surface area contributed by atoms with Gasteiger partial charge in [-0.3, -0.25) is 0 Å². The molecule has 0 aliphatic heterocycles. The Morgan fingerprint density at radius 3 is 2.78 bits per heavy atom. The van der Waals surface area contributed by atoms with Crippen LogP contribution in [0.15, 0.2) is 30.3 Å². The van der Waals surface area contributed by atoms with E-state index in [4.69, 9.17) is 11.6 Å². The molecule has 0 saturated carbocycles. The Bertz CT molecular complexity index is 509. The zero-order chi connectivity index (χ0) is 13.0. The van der Waals surface area contributed by atoms with Crippen LogP contribution in [-0.4, -0.2) is 11.7 Å². The van der Waals surface area contributed by atoms with Crippen LogP contribution in [0.25, 0.3) is 0 Å². The maximum atomic E-state index is 13.0. The van der Waals surface area contributed by atoms with E-state index >= 15 is 0 Å². The van der Waals surface area contributed by atoms with Crippen LogP contribution in [0.4, 0.5) is 4.39 Å². The largest absolute Gasteiger partial charge is 0.508 e. The lowest BCUT2D eigenvalue weighted by atomic mass is 10.2. The summed E-state index contributed by atoms with van der Waals surface area (Å²) in [5.41, 5.74) is 0.733. The van der Waals surface area contributed by atoms with Crippen molar-refractivity contribution < 1.29 is 9.50 Å². The smallest absolute Gasteiger partial charge is 0.127 e. The first-order valence-corrected chi connectivity index (χ1v) is 6.76. The molecule has 96 valence electrons. The molecule has 0 atom stereocenters. The van der Waals surface area contributed by atoms with Gasteiger partial charge in [0, 0.05) is 24.0 Å². The minimum atomic E-state index is -0.420. The van der Waals surface area contributed by atoms with Crippen LogP contribution in [0.3, 0.4) is 0 Å². The number of aromatic hydroxyl groups is 1. The molecule has 0 fully saturated rings. The summed E-state index contributed by atoms with van der Waals surface area (Å²) in [5.74, 6) is -0.464. The fourth-order valence-electron chi connectivity index (χ4n) is 1.67. The van der Waals surface area contributed by atoms with E-state index < -0.39 is 5.82 Å². The number of hydrogen-bond acceptors (Lipinski definition) is 3. The predicted molar refractivity (Wildman–Crippen MR) is 72.8 cm³/mol.